The SMILES string of the molecule is COc1ccc(NCc2cnc(C)s2)cc1Br. The Morgan fingerprint density at radius 1 is 1.47 bits per heavy atom. The molecule has 0 spiro atoms. The van der Waals surface area contributed by atoms with Gasteiger partial charge in [0, 0.05) is 16.8 Å². The first-order valence-electron chi connectivity index (χ1n) is 5.18. The van der Waals surface area contributed by atoms with Crippen LogP contribution in [0.1, 0.15) is 9.88 Å². The minimum Gasteiger partial charge on any atom is -0.496 e. The highest BCUT2D eigenvalue weighted by Crippen LogP contribution is 2.28. The van der Waals surface area contributed by atoms with E-state index in [1.54, 1.807) is 18.4 Å². The highest BCUT2D eigenvalue weighted by atomic mass is 79.9. The van der Waals surface area contributed by atoms with Crippen molar-refractivity contribution in [2.24, 2.45) is 0 Å². The van der Waals surface area contributed by atoms with E-state index < -0.39 is 0 Å². The van der Waals surface area contributed by atoms with Gasteiger partial charge in [0.1, 0.15) is 5.75 Å². The third-order valence-corrected chi connectivity index (χ3v) is 3.82. The Bertz CT molecular complexity index is 513. The van der Waals surface area contributed by atoms with Gasteiger partial charge < -0.3 is 10.1 Å². The van der Waals surface area contributed by atoms with Gasteiger partial charge in [0.05, 0.1) is 23.1 Å². The summed E-state index contributed by atoms with van der Waals surface area (Å²) in [5, 5.41) is 4.45. The summed E-state index contributed by atoms with van der Waals surface area (Å²) >= 11 is 5.17. The first-order valence-corrected chi connectivity index (χ1v) is 6.78. The number of hydrogen-bond acceptors (Lipinski definition) is 4. The predicted octanol–water partition coefficient (Wildman–Crippen LogP) is 3.83. The average Bonchev–Trinajstić information content (AvgIpc) is 2.73. The second-order valence-electron chi connectivity index (χ2n) is 3.55. The van der Waals surface area contributed by atoms with Gasteiger partial charge >= 0.3 is 0 Å². The third kappa shape index (κ3) is 3.20. The minimum atomic E-state index is 0.796. The highest BCUT2D eigenvalue weighted by molar-refractivity contribution is 9.10. The second-order valence-corrected chi connectivity index (χ2v) is 5.72. The van der Waals surface area contributed by atoms with Crippen molar-refractivity contribution in [2.45, 2.75) is 13.5 Å². The number of benzene rings is 1. The van der Waals surface area contributed by atoms with Gasteiger partial charge in [-0.1, -0.05) is 0 Å². The molecule has 1 aromatic carbocycles. The van der Waals surface area contributed by atoms with Crippen LogP contribution in [0.5, 0.6) is 5.75 Å². The Morgan fingerprint density at radius 3 is 2.88 bits per heavy atom. The van der Waals surface area contributed by atoms with E-state index in [2.05, 4.69) is 26.2 Å². The van der Waals surface area contributed by atoms with E-state index in [0.29, 0.717) is 0 Å². The summed E-state index contributed by atoms with van der Waals surface area (Å²) in [4.78, 5) is 5.45. The molecule has 2 aromatic rings. The quantitative estimate of drug-likeness (QED) is 0.931. The molecular weight excluding hydrogens is 300 g/mol. The van der Waals surface area contributed by atoms with Crippen LogP contribution in [0, 0.1) is 6.92 Å². The van der Waals surface area contributed by atoms with Gasteiger partial charge in [-0.2, -0.15) is 0 Å². The molecule has 17 heavy (non-hydrogen) atoms. The van der Waals surface area contributed by atoms with E-state index in [0.717, 1.165) is 27.5 Å². The Morgan fingerprint density at radius 2 is 2.29 bits per heavy atom. The molecule has 0 radical (unpaired) electrons. The van der Waals surface area contributed by atoms with Crippen LogP contribution >= 0.6 is 27.3 Å². The van der Waals surface area contributed by atoms with Crippen LogP contribution < -0.4 is 10.1 Å². The second kappa shape index (κ2) is 5.51. The first-order chi connectivity index (χ1) is 8.19. The monoisotopic (exact) mass is 312 g/mol. The molecule has 0 saturated carbocycles. The Kier molecular flexibility index (Phi) is 4.02. The summed E-state index contributed by atoms with van der Waals surface area (Å²) < 4.78 is 6.13. The molecule has 0 amide bonds. The molecule has 1 N–H and O–H groups in total. The largest absolute Gasteiger partial charge is 0.496 e. The maximum atomic E-state index is 5.18. The Hall–Kier alpha value is -1.07. The topological polar surface area (TPSA) is 34.1 Å². The van der Waals surface area contributed by atoms with E-state index in [4.69, 9.17) is 4.74 Å². The van der Waals surface area contributed by atoms with Gasteiger partial charge in [-0.05, 0) is 41.1 Å². The zero-order chi connectivity index (χ0) is 12.3. The number of halogens is 1. The Balaban J connectivity index is 2.02. The zero-order valence-corrected chi connectivity index (χ0v) is 12.1. The van der Waals surface area contributed by atoms with Gasteiger partial charge in [0.25, 0.3) is 0 Å². The molecule has 5 heteroatoms. The molecule has 1 aromatic heterocycles. The van der Waals surface area contributed by atoms with E-state index in [9.17, 15) is 0 Å². The van der Waals surface area contributed by atoms with Crippen molar-refractivity contribution in [1.82, 2.24) is 4.98 Å². The third-order valence-electron chi connectivity index (χ3n) is 2.29. The van der Waals surface area contributed by atoms with Gasteiger partial charge in [-0.25, -0.2) is 4.98 Å². The lowest BCUT2D eigenvalue weighted by atomic mass is 10.3. The van der Waals surface area contributed by atoms with Crippen molar-refractivity contribution in [2.75, 3.05) is 12.4 Å². The van der Waals surface area contributed by atoms with Crippen molar-refractivity contribution < 1.29 is 4.74 Å². The molecule has 90 valence electrons. The zero-order valence-electron chi connectivity index (χ0n) is 9.66. The molecule has 2 rings (SSSR count). The summed E-state index contributed by atoms with van der Waals surface area (Å²) in [6.07, 6.45) is 1.91. The number of thiazole rings is 1. The molecule has 0 saturated heterocycles. The van der Waals surface area contributed by atoms with Gasteiger partial charge in [0.2, 0.25) is 0 Å². The molecule has 0 fully saturated rings. The van der Waals surface area contributed by atoms with Crippen molar-refractivity contribution in [1.29, 1.82) is 0 Å². The number of hydrogen-bond donors (Lipinski definition) is 1. The molecule has 0 unspecified atom stereocenters. The maximum Gasteiger partial charge on any atom is 0.133 e. The molecule has 0 atom stereocenters. The van der Waals surface area contributed by atoms with Crippen molar-refractivity contribution in [3.63, 3.8) is 0 Å². The molecule has 0 aliphatic carbocycles. The lowest BCUT2D eigenvalue weighted by Crippen LogP contribution is -1.97. The number of anilines is 1. The summed E-state index contributed by atoms with van der Waals surface area (Å²) in [6, 6.07) is 5.94. The van der Waals surface area contributed by atoms with E-state index in [1.807, 2.05) is 31.3 Å². The van der Waals surface area contributed by atoms with Crippen molar-refractivity contribution >= 4 is 33.0 Å². The normalized spacial score (nSPS) is 10.3. The van der Waals surface area contributed by atoms with E-state index >= 15 is 0 Å². The molecule has 0 aliphatic rings. The highest BCUT2D eigenvalue weighted by Gasteiger charge is 2.02. The van der Waals surface area contributed by atoms with Crippen LogP contribution in [0.25, 0.3) is 0 Å². The molecule has 1 heterocycles. The van der Waals surface area contributed by atoms with Crippen LogP contribution in [-0.4, -0.2) is 12.1 Å². The number of rotatable bonds is 4. The fraction of sp³-hybridized carbons (Fsp3) is 0.250. The molecule has 0 bridgehead atoms. The van der Waals surface area contributed by atoms with Gasteiger partial charge in [0.15, 0.2) is 0 Å². The van der Waals surface area contributed by atoms with Crippen molar-refractivity contribution in [3.05, 3.63) is 38.8 Å². The van der Waals surface area contributed by atoms with E-state index in [-0.39, 0.29) is 0 Å². The van der Waals surface area contributed by atoms with Gasteiger partial charge in [-0.3, -0.25) is 0 Å². The Labute approximate surface area is 113 Å². The number of ether oxygens (including phenoxy) is 1. The average molecular weight is 313 g/mol. The number of methoxy groups -OCH3 is 1. The summed E-state index contributed by atoms with van der Waals surface area (Å²) in [5.41, 5.74) is 1.06. The lowest BCUT2D eigenvalue weighted by molar-refractivity contribution is 0.412. The summed E-state index contributed by atoms with van der Waals surface area (Å²) in [7, 11) is 1.66. The summed E-state index contributed by atoms with van der Waals surface area (Å²) in [6.45, 7) is 2.81. The minimum absolute atomic E-state index is 0.796. The number of aromatic nitrogens is 1. The molecular formula is C12H13BrN2OS. The predicted molar refractivity (Wildman–Crippen MR) is 74.9 cm³/mol. The first kappa shape index (κ1) is 12.4. The van der Waals surface area contributed by atoms with Crippen LogP contribution in [0.4, 0.5) is 5.69 Å². The fourth-order valence-electron chi connectivity index (χ4n) is 1.45. The van der Waals surface area contributed by atoms with Crippen LogP contribution in [-0.2, 0) is 6.54 Å². The van der Waals surface area contributed by atoms with Gasteiger partial charge in [-0.15, -0.1) is 11.3 Å². The maximum absolute atomic E-state index is 5.18. The standard InChI is InChI=1S/C12H13BrN2OS/c1-8-14-6-10(17-8)7-15-9-3-4-12(16-2)11(13)5-9/h3-6,15H,7H2,1-2H3. The van der Waals surface area contributed by atoms with E-state index in [1.165, 1.54) is 4.88 Å². The lowest BCUT2D eigenvalue weighted by Gasteiger charge is -2.07. The molecule has 0 aliphatic heterocycles. The molecule has 3 nitrogen and oxygen atoms in total. The number of aryl methyl sites for hydroxylation is 1. The number of nitrogens with zero attached hydrogens (tertiary/aromatic N) is 1. The summed E-state index contributed by atoms with van der Waals surface area (Å²) in [5.74, 6) is 0.837. The smallest absolute Gasteiger partial charge is 0.133 e. The van der Waals surface area contributed by atoms with Crippen LogP contribution in [0.2, 0.25) is 0 Å². The number of nitrogens with one attached hydrogen (secondary N) is 1. The fourth-order valence-corrected chi connectivity index (χ4v) is 2.73. The van der Waals surface area contributed by atoms with Crippen molar-refractivity contribution in [3.8, 4) is 5.75 Å². The van der Waals surface area contributed by atoms with Crippen LogP contribution in [0.15, 0.2) is 28.9 Å². The van der Waals surface area contributed by atoms with Crippen LogP contribution in [0.3, 0.4) is 0 Å².